The summed E-state index contributed by atoms with van der Waals surface area (Å²) >= 11 is 2.01. The molecule has 0 amide bonds. The number of unbranched alkanes of at least 4 members (excludes halogenated alkanes) is 1. The number of hydrogen-bond acceptors (Lipinski definition) is 3. The second-order valence-corrected chi connectivity index (χ2v) is 13.1. The van der Waals surface area contributed by atoms with Gasteiger partial charge in [-0.05, 0) is 66.3 Å². The van der Waals surface area contributed by atoms with Crippen molar-refractivity contribution in [2.24, 2.45) is 11.8 Å². The summed E-state index contributed by atoms with van der Waals surface area (Å²) < 4.78 is 12.3. The van der Waals surface area contributed by atoms with Gasteiger partial charge in [0.05, 0.1) is 13.7 Å². The number of methoxy groups -OCH3 is 1. The van der Waals surface area contributed by atoms with E-state index in [2.05, 4.69) is 39.8 Å². The van der Waals surface area contributed by atoms with Crippen LogP contribution in [0, 0.1) is 11.8 Å². The van der Waals surface area contributed by atoms with Gasteiger partial charge in [-0.3, -0.25) is 0 Å². The SMILES string of the molecule is CCCCSCc1cc(OCCC(C)CCCC(C)C)c(C[S+]2CCCC2)cc1OC. The van der Waals surface area contributed by atoms with Crippen molar-refractivity contribution in [1.29, 1.82) is 0 Å². The molecule has 0 N–H and O–H groups in total. The molecular formula is C27H47O2S2+. The molecule has 1 fully saturated rings. The molecule has 31 heavy (non-hydrogen) atoms. The van der Waals surface area contributed by atoms with Gasteiger partial charge in [0.25, 0.3) is 0 Å². The zero-order valence-corrected chi connectivity index (χ0v) is 22.5. The molecule has 178 valence electrons. The van der Waals surface area contributed by atoms with Gasteiger partial charge in [-0.1, -0.05) is 53.4 Å². The maximum atomic E-state index is 6.45. The largest absolute Gasteiger partial charge is 0.496 e. The summed E-state index contributed by atoms with van der Waals surface area (Å²) in [6, 6.07) is 4.60. The van der Waals surface area contributed by atoms with E-state index < -0.39 is 0 Å². The molecule has 0 aliphatic carbocycles. The molecule has 1 aromatic rings. The minimum Gasteiger partial charge on any atom is -0.496 e. The van der Waals surface area contributed by atoms with Crippen LogP contribution in [-0.4, -0.2) is 31.0 Å². The topological polar surface area (TPSA) is 18.5 Å². The first-order valence-corrected chi connectivity index (χ1v) is 15.5. The summed E-state index contributed by atoms with van der Waals surface area (Å²) in [6.07, 6.45) is 10.5. The Labute approximate surface area is 200 Å². The van der Waals surface area contributed by atoms with E-state index in [4.69, 9.17) is 9.47 Å². The van der Waals surface area contributed by atoms with Crippen molar-refractivity contribution in [1.82, 2.24) is 0 Å². The lowest BCUT2D eigenvalue weighted by molar-refractivity contribution is 0.273. The van der Waals surface area contributed by atoms with Crippen molar-refractivity contribution in [2.75, 3.05) is 31.0 Å². The summed E-state index contributed by atoms with van der Waals surface area (Å²) in [4.78, 5) is 0. The van der Waals surface area contributed by atoms with Crippen molar-refractivity contribution < 1.29 is 9.47 Å². The van der Waals surface area contributed by atoms with Crippen LogP contribution in [0.4, 0.5) is 0 Å². The lowest BCUT2D eigenvalue weighted by Gasteiger charge is -2.18. The highest BCUT2D eigenvalue weighted by Crippen LogP contribution is 2.34. The molecule has 1 unspecified atom stereocenters. The van der Waals surface area contributed by atoms with Crippen LogP contribution in [0.5, 0.6) is 11.5 Å². The Morgan fingerprint density at radius 3 is 2.39 bits per heavy atom. The molecule has 4 heteroatoms. The Morgan fingerprint density at radius 2 is 1.71 bits per heavy atom. The van der Waals surface area contributed by atoms with Gasteiger partial charge in [-0.15, -0.1) is 0 Å². The third-order valence-corrected chi connectivity index (χ3v) is 9.73. The molecule has 0 aromatic heterocycles. The standard InChI is InChI=1S/C27H47O2S2/c1-6-7-15-30-20-24-18-27(29-14-13-23(4)12-10-11-22(2)3)25(19-26(24)28-5)21-31-16-8-9-17-31/h18-19,22-23H,6-17,20-21H2,1-5H3/q+1. The second kappa shape index (κ2) is 15.4. The van der Waals surface area contributed by atoms with Crippen molar-refractivity contribution in [3.05, 3.63) is 23.3 Å². The Hall–Kier alpha value is -0.480. The summed E-state index contributed by atoms with van der Waals surface area (Å²) in [5.41, 5.74) is 2.67. The number of benzene rings is 1. The Morgan fingerprint density at radius 1 is 0.968 bits per heavy atom. The monoisotopic (exact) mass is 467 g/mol. The van der Waals surface area contributed by atoms with Crippen LogP contribution in [0.1, 0.15) is 90.2 Å². The lowest BCUT2D eigenvalue weighted by Crippen LogP contribution is -2.11. The molecule has 0 spiro atoms. The molecule has 1 aliphatic heterocycles. The van der Waals surface area contributed by atoms with Gasteiger partial charge < -0.3 is 9.47 Å². The van der Waals surface area contributed by atoms with Crippen LogP contribution in [0.2, 0.25) is 0 Å². The fourth-order valence-corrected chi connectivity index (χ4v) is 7.56. The zero-order valence-electron chi connectivity index (χ0n) is 20.8. The number of hydrogen-bond donors (Lipinski definition) is 0. The summed E-state index contributed by atoms with van der Waals surface area (Å²) in [5, 5.41) is 0. The Balaban J connectivity index is 2.01. The van der Waals surface area contributed by atoms with Crippen LogP contribution >= 0.6 is 11.8 Å². The van der Waals surface area contributed by atoms with Gasteiger partial charge in [-0.2, -0.15) is 11.8 Å². The normalized spacial score (nSPS) is 15.5. The molecule has 2 nitrogen and oxygen atoms in total. The number of ether oxygens (including phenoxy) is 2. The van der Waals surface area contributed by atoms with Crippen molar-refractivity contribution in [3.63, 3.8) is 0 Å². The van der Waals surface area contributed by atoms with Crippen molar-refractivity contribution >= 4 is 22.7 Å². The predicted molar refractivity (Wildman–Crippen MR) is 142 cm³/mol. The van der Waals surface area contributed by atoms with Crippen LogP contribution < -0.4 is 9.47 Å². The first kappa shape index (κ1) is 26.8. The average molecular weight is 468 g/mol. The Bertz CT molecular complexity index is 611. The molecule has 1 aliphatic rings. The van der Waals surface area contributed by atoms with Gasteiger partial charge in [0, 0.05) is 16.9 Å². The van der Waals surface area contributed by atoms with E-state index in [1.807, 2.05) is 18.9 Å². The minimum atomic E-state index is 0.523. The van der Waals surface area contributed by atoms with E-state index in [9.17, 15) is 0 Å². The first-order chi connectivity index (χ1) is 15.0. The quantitative estimate of drug-likeness (QED) is 0.182. The van der Waals surface area contributed by atoms with Crippen molar-refractivity contribution in [2.45, 2.75) is 90.6 Å². The van der Waals surface area contributed by atoms with E-state index in [1.54, 1.807) is 0 Å². The van der Waals surface area contributed by atoms with Gasteiger partial charge in [0.1, 0.15) is 28.8 Å². The van der Waals surface area contributed by atoms with E-state index in [0.717, 1.165) is 42.1 Å². The molecule has 0 bridgehead atoms. The highest BCUT2D eigenvalue weighted by molar-refractivity contribution is 7.98. The molecule has 1 aromatic carbocycles. The third-order valence-electron chi connectivity index (χ3n) is 6.19. The van der Waals surface area contributed by atoms with Crippen LogP contribution in [-0.2, 0) is 22.4 Å². The van der Waals surface area contributed by atoms with E-state index in [1.165, 1.54) is 79.1 Å². The van der Waals surface area contributed by atoms with Crippen LogP contribution in [0.3, 0.4) is 0 Å². The summed E-state index contributed by atoms with van der Waals surface area (Å²) in [5.74, 6) is 9.91. The average Bonchev–Trinajstić information content (AvgIpc) is 3.25. The molecule has 1 atom stereocenters. The summed E-state index contributed by atoms with van der Waals surface area (Å²) in [7, 11) is 2.34. The lowest BCUT2D eigenvalue weighted by atomic mass is 9.98. The fourth-order valence-electron chi connectivity index (χ4n) is 4.09. The summed E-state index contributed by atoms with van der Waals surface area (Å²) in [6.45, 7) is 10.1. The smallest absolute Gasteiger partial charge is 0.136 e. The zero-order chi connectivity index (χ0) is 22.5. The van der Waals surface area contributed by atoms with E-state index >= 15 is 0 Å². The second-order valence-electron chi connectivity index (χ2n) is 9.62. The fraction of sp³-hybridized carbons (Fsp3) is 0.778. The minimum absolute atomic E-state index is 0.523. The van der Waals surface area contributed by atoms with Gasteiger partial charge in [0.2, 0.25) is 0 Å². The number of thioether (sulfide) groups is 1. The number of rotatable bonds is 16. The highest BCUT2D eigenvalue weighted by Gasteiger charge is 2.26. The first-order valence-electron chi connectivity index (χ1n) is 12.6. The third kappa shape index (κ3) is 10.3. The maximum Gasteiger partial charge on any atom is 0.136 e. The van der Waals surface area contributed by atoms with Crippen LogP contribution in [0.25, 0.3) is 0 Å². The molecule has 1 heterocycles. The van der Waals surface area contributed by atoms with Crippen LogP contribution in [0.15, 0.2) is 12.1 Å². The molecule has 2 rings (SSSR count). The molecular weight excluding hydrogens is 420 g/mol. The van der Waals surface area contributed by atoms with Crippen molar-refractivity contribution in [3.8, 4) is 11.5 Å². The molecule has 0 radical (unpaired) electrons. The molecule has 0 saturated carbocycles. The molecule has 1 saturated heterocycles. The Kier molecular flexibility index (Phi) is 13.3. The van der Waals surface area contributed by atoms with E-state index in [-0.39, 0.29) is 0 Å². The van der Waals surface area contributed by atoms with Gasteiger partial charge in [-0.25, -0.2) is 0 Å². The highest BCUT2D eigenvalue weighted by atomic mass is 32.2. The maximum absolute atomic E-state index is 6.45. The van der Waals surface area contributed by atoms with Gasteiger partial charge >= 0.3 is 0 Å². The van der Waals surface area contributed by atoms with E-state index in [0.29, 0.717) is 10.9 Å². The predicted octanol–water partition coefficient (Wildman–Crippen LogP) is 7.87. The van der Waals surface area contributed by atoms with Gasteiger partial charge in [0.15, 0.2) is 0 Å².